The predicted molar refractivity (Wildman–Crippen MR) is 123 cm³/mol. The number of benzene rings is 2. The summed E-state index contributed by atoms with van der Waals surface area (Å²) in [6.45, 7) is 3.32. The van der Waals surface area contributed by atoms with Crippen molar-refractivity contribution >= 4 is 23.6 Å². The van der Waals surface area contributed by atoms with E-state index in [2.05, 4.69) is 15.5 Å². The Morgan fingerprint density at radius 2 is 1.73 bits per heavy atom. The van der Waals surface area contributed by atoms with Gasteiger partial charge in [0.2, 0.25) is 5.91 Å². The molecule has 0 bridgehead atoms. The Balaban J connectivity index is 1.98. The van der Waals surface area contributed by atoms with Gasteiger partial charge in [-0.25, -0.2) is 0 Å². The van der Waals surface area contributed by atoms with Crippen LogP contribution in [-0.2, 0) is 11.2 Å². The molecule has 2 rings (SSSR count). The summed E-state index contributed by atoms with van der Waals surface area (Å²) in [7, 11) is 4.02. The highest BCUT2D eigenvalue weighted by atomic mass is 32.2. The molecule has 0 heterocycles. The van der Waals surface area contributed by atoms with E-state index in [1.807, 2.05) is 39.2 Å². The van der Waals surface area contributed by atoms with Crippen LogP contribution >= 0.6 is 11.8 Å². The number of phenolic OH excluding ortho intramolecular Hbond substituents is 1. The summed E-state index contributed by atoms with van der Waals surface area (Å²) in [5.41, 5.74) is 1.55. The van der Waals surface area contributed by atoms with Crippen LogP contribution in [0.2, 0.25) is 0 Å². The molecule has 0 spiro atoms. The average Bonchev–Trinajstić information content (AvgIpc) is 2.73. The van der Waals surface area contributed by atoms with Crippen LogP contribution in [0.15, 0.2) is 54.6 Å². The van der Waals surface area contributed by atoms with Gasteiger partial charge in [0.1, 0.15) is 11.8 Å². The molecule has 2 aromatic carbocycles. The minimum Gasteiger partial charge on any atom is -0.508 e. The summed E-state index contributed by atoms with van der Waals surface area (Å²) in [4.78, 5) is 27.6. The second kappa shape index (κ2) is 12.2. The van der Waals surface area contributed by atoms with Gasteiger partial charge in [-0.15, -0.1) is 0 Å². The molecule has 30 heavy (non-hydrogen) atoms. The molecule has 0 saturated heterocycles. The standard InChI is InChI=1S/C23H31N3O3S/c1-17(30-16-15-26(2)3)21(25-22(28)19-7-5-4-6-8-19)23(29)24-14-13-18-9-11-20(27)12-10-18/h4-12,17,21,27H,13-16H2,1-3H3,(H,24,29)(H,25,28). The van der Waals surface area contributed by atoms with Crippen molar-refractivity contribution in [3.8, 4) is 5.75 Å². The van der Waals surface area contributed by atoms with Crippen molar-refractivity contribution in [1.82, 2.24) is 15.5 Å². The van der Waals surface area contributed by atoms with E-state index in [9.17, 15) is 14.7 Å². The molecule has 0 saturated carbocycles. The number of aromatic hydroxyl groups is 1. The largest absolute Gasteiger partial charge is 0.508 e. The van der Waals surface area contributed by atoms with Gasteiger partial charge in [-0.2, -0.15) is 11.8 Å². The number of rotatable bonds is 11. The Labute approximate surface area is 183 Å². The van der Waals surface area contributed by atoms with Crippen molar-refractivity contribution in [2.75, 3.05) is 32.9 Å². The molecule has 7 heteroatoms. The molecule has 0 fully saturated rings. The van der Waals surface area contributed by atoms with Crippen LogP contribution in [0.25, 0.3) is 0 Å². The summed E-state index contributed by atoms with van der Waals surface area (Å²) in [5, 5.41) is 15.1. The fourth-order valence-corrected chi connectivity index (χ4v) is 4.06. The monoisotopic (exact) mass is 429 g/mol. The Morgan fingerprint density at radius 1 is 1.07 bits per heavy atom. The maximum Gasteiger partial charge on any atom is 0.251 e. The third-order valence-electron chi connectivity index (χ3n) is 4.64. The minimum absolute atomic E-state index is 0.0775. The molecule has 162 valence electrons. The highest BCUT2D eigenvalue weighted by molar-refractivity contribution is 8.00. The van der Waals surface area contributed by atoms with E-state index < -0.39 is 6.04 Å². The molecular formula is C23H31N3O3S. The SMILES string of the molecule is CC(SCCN(C)C)C(NC(=O)c1ccccc1)C(=O)NCCc1ccc(O)cc1. The van der Waals surface area contributed by atoms with Crippen LogP contribution in [-0.4, -0.2) is 66.1 Å². The Morgan fingerprint density at radius 3 is 2.37 bits per heavy atom. The molecule has 3 N–H and O–H groups in total. The normalized spacial score (nSPS) is 12.9. The Bertz CT molecular complexity index is 797. The fourth-order valence-electron chi connectivity index (χ4n) is 2.83. The number of phenols is 1. The molecule has 2 atom stereocenters. The average molecular weight is 430 g/mol. The van der Waals surface area contributed by atoms with E-state index in [4.69, 9.17) is 0 Å². The lowest BCUT2D eigenvalue weighted by Gasteiger charge is -2.25. The molecule has 0 aliphatic carbocycles. The van der Waals surface area contributed by atoms with E-state index in [0.717, 1.165) is 17.9 Å². The lowest BCUT2D eigenvalue weighted by Crippen LogP contribution is -2.52. The van der Waals surface area contributed by atoms with E-state index in [0.29, 0.717) is 18.5 Å². The number of thioether (sulfide) groups is 1. The number of hydrogen-bond acceptors (Lipinski definition) is 5. The van der Waals surface area contributed by atoms with Crippen molar-refractivity contribution in [2.24, 2.45) is 0 Å². The molecule has 2 unspecified atom stereocenters. The Hall–Kier alpha value is -2.51. The molecule has 2 aromatic rings. The van der Waals surface area contributed by atoms with Crippen molar-refractivity contribution in [1.29, 1.82) is 0 Å². The highest BCUT2D eigenvalue weighted by Crippen LogP contribution is 2.16. The lowest BCUT2D eigenvalue weighted by atomic mass is 10.1. The van der Waals surface area contributed by atoms with Crippen LogP contribution in [0.5, 0.6) is 5.75 Å². The van der Waals surface area contributed by atoms with Crippen molar-refractivity contribution in [3.63, 3.8) is 0 Å². The Kier molecular flexibility index (Phi) is 9.70. The molecule has 0 radical (unpaired) electrons. The number of carbonyl (C=O) groups is 2. The summed E-state index contributed by atoms with van der Waals surface area (Å²) in [5.74, 6) is 0.638. The first-order valence-electron chi connectivity index (χ1n) is 10.0. The minimum atomic E-state index is -0.635. The zero-order valence-electron chi connectivity index (χ0n) is 17.8. The molecular weight excluding hydrogens is 398 g/mol. The van der Waals surface area contributed by atoms with Gasteiger partial charge < -0.3 is 20.6 Å². The smallest absolute Gasteiger partial charge is 0.251 e. The molecule has 6 nitrogen and oxygen atoms in total. The zero-order chi connectivity index (χ0) is 21.9. The van der Waals surface area contributed by atoms with E-state index in [-0.39, 0.29) is 22.8 Å². The topological polar surface area (TPSA) is 81.7 Å². The summed E-state index contributed by atoms with van der Waals surface area (Å²) < 4.78 is 0. The predicted octanol–water partition coefficient (Wildman–Crippen LogP) is 2.53. The second-order valence-electron chi connectivity index (χ2n) is 7.40. The number of amides is 2. The van der Waals surface area contributed by atoms with Crippen LogP contribution in [0.1, 0.15) is 22.8 Å². The summed E-state index contributed by atoms with van der Waals surface area (Å²) in [6, 6.07) is 15.2. The zero-order valence-corrected chi connectivity index (χ0v) is 18.6. The van der Waals surface area contributed by atoms with Crippen molar-refractivity contribution in [3.05, 3.63) is 65.7 Å². The first-order chi connectivity index (χ1) is 14.4. The van der Waals surface area contributed by atoms with Gasteiger partial charge >= 0.3 is 0 Å². The van der Waals surface area contributed by atoms with Gasteiger partial charge in [-0.1, -0.05) is 37.3 Å². The van der Waals surface area contributed by atoms with Gasteiger partial charge in [0.15, 0.2) is 0 Å². The van der Waals surface area contributed by atoms with Crippen LogP contribution in [0.3, 0.4) is 0 Å². The number of carbonyl (C=O) groups excluding carboxylic acids is 2. The fraction of sp³-hybridized carbons (Fsp3) is 0.391. The van der Waals surface area contributed by atoms with Crippen LogP contribution < -0.4 is 10.6 Å². The van der Waals surface area contributed by atoms with E-state index in [1.165, 1.54) is 0 Å². The first kappa shape index (κ1) is 23.8. The third kappa shape index (κ3) is 8.08. The third-order valence-corrected chi connectivity index (χ3v) is 5.86. The van der Waals surface area contributed by atoms with Gasteiger partial charge in [0, 0.05) is 29.7 Å². The van der Waals surface area contributed by atoms with Gasteiger partial charge in [-0.05, 0) is 50.3 Å². The van der Waals surface area contributed by atoms with Crippen LogP contribution in [0.4, 0.5) is 0 Å². The molecule has 0 aliphatic rings. The summed E-state index contributed by atoms with van der Waals surface area (Å²) in [6.07, 6.45) is 0.646. The number of nitrogens with zero attached hydrogens (tertiary/aromatic N) is 1. The maximum absolute atomic E-state index is 12.9. The molecule has 0 aromatic heterocycles. The van der Waals surface area contributed by atoms with Gasteiger partial charge in [0.25, 0.3) is 5.91 Å². The molecule has 2 amide bonds. The first-order valence-corrected chi connectivity index (χ1v) is 11.1. The lowest BCUT2D eigenvalue weighted by molar-refractivity contribution is -0.122. The van der Waals surface area contributed by atoms with Gasteiger partial charge in [0.05, 0.1) is 0 Å². The second-order valence-corrected chi connectivity index (χ2v) is 8.89. The number of nitrogens with one attached hydrogen (secondary N) is 2. The van der Waals surface area contributed by atoms with Crippen molar-refractivity contribution in [2.45, 2.75) is 24.6 Å². The quantitative estimate of drug-likeness (QED) is 0.511. The highest BCUT2D eigenvalue weighted by Gasteiger charge is 2.27. The van der Waals surface area contributed by atoms with Gasteiger partial charge in [-0.3, -0.25) is 9.59 Å². The number of hydrogen-bond donors (Lipinski definition) is 3. The van der Waals surface area contributed by atoms with E-state index >= 15 is 0 Å². The van der Waals surface area contributed by atoms with Crippen molar-refractivity contribution < 1.29 is 14.7 Å². The van der Waals surface area contributed by atoms with Crippen LogP contribution in [0, 0.1) is 0 Å². The maximum atomic E-state index is 12.9. The van der Waals surface area contributed by atoms with E-state index in [1.54, 1.807) is 48.2 Å². The molecule has 0 aliphatic heterocycles. The summed E-state index contributed by atoms with van der Waals surface area (Å²) >= 11 is 1.66.